The Balaban J connectivity index is 2.94. The van der Waals surface area contributed by atoms with Crippen LogP contribution in [0.15, 0.2) is 6.20 Å². The third-order valence-electron chi connectivity index (χ3n) is 1.96. The SMILES string of the molecule is CCCc1ncc(C)c(C(=O)OCC)n1. The zero-order valence-electron chi connectivity index (χ0n) is 9.41. The van der Waals surface area contributed by atoms with Gasteiger partial charge in [-0.15, -0.1) is 0 Å². The Kier molecular flexibility index (Phi) is 4.21. The van der Waals surface area contributed by atoms with Crippen LogP contribution < -0.4 is 0 Å². The fraction of sp³-hybridized carbons (Fsp3) is 0.545. The minimum Gasteiger partial charge on any atom is -0.461 e. The highest BCUT2D eigenvalue weighted by Crippen LogP contribution is 2.06. The van der Waals surface area contributed by atoms with Crippen molar-refractivity contribution in [2.45, 2.75) is 33.6 Å². The highest BCUT2D eigenvalue weighted by Gasteiger charge is 2.13. The lowest BCUT2D eigenvalue weighted by Crippen LogP contribution is -2.11. The third kappa shape index (κ3) is 3.01. The quantitative estimate of drug-likeness (QED) is 0.709. The molecule has 1 aromatic rings. The molecular formula is C11H16N2O2. The summed E-state index contributed by atoms with van der Waals surface area (Å²) in [6.07, 6.45) is 3.42. The van der Waals surface area contributed by atoms with Gasteiger partial charge in [-0.05, 0) is 20.3 Å². The van der Waals surface area contributed by atoms with E-state index >= 15 is 0 Å². The second-order valence-electron chi connectivity index (χ2n) is 3.29. The molecule has 0 radical (unpaired) electrons. The molecule has 82 valence electrons. The van der Waals surface area contributed by atoms with Crippen molar-refractivity contribution in [3.05, 3.63) is 23.3 Å². The lowest BCUT2D eigenvalue weighted by molar-refractivity contribution is 0.0518. The number of aromatic nitrogens is 2. The van der Waals surface area contributed by atoms with E-state index in [2.05, 4.69) is 9.97 Å². The third-order valence-corrected chi connectivity index (χ3v) is 1.96. The zero-order chi connectivity index (χ0) is 11.3. The zero-order valence-corrected chi connectivity index (χ0v) is 9.41. The van der Waals surface area contributed by atoms with Crippen LogP contribution in [0.5, 0.6) is 0 Å². The molecule has 0 atom stereocenters. The van der Waals surface area contributed by atoms with Crippen molar-refractivity contribution < 1.29 is 9.53 Å². The number of carbonyl (C=O) groups is 1. The molecule has 0 saturated heterocycles. The Morgan fingerprint density at radius 3 is 2.80 bits per heavy atom. The van der Waals surface area contributed by atoms with E-state index in [1.165, 1.54) is 0 Å². The summed E-state index contributed by atoms with van der Waals surface area (Å²) in [5, 5.41) is 0. The minimum atomic E-state index is -0.366. The first-order chi connectivity index (χ1) is 7.19. The van der Waals surface area contributed by atoms with E-state index in [0.717, 1.165) is 18.4 Å². The van der Waals surface area contributed by atoms with Gasteiger partial charge in [-0.3, -0.25) is 0 Å². The van der Waals surface area contributed by atoms with Gasteiger partial charge >= 0.3 is 5.97 Å². The summed E-state index contributed by atoms with van der Waals surface area (Å²) < 4.78 is 4.91. The summed E-state index contributed by atoms with van der Waals surface area (Å²) in [7, 11) is 0. The van der Waals surface area contributed by atoms with E-state index in [4.69, 9.17) is 4.74 Å². The van der Waals surface area contributed by atoms with E-state index in [0.29, 0.717) is 18.1 Å². The van der Waals surface area contributed by atoms with Crippen LogP contribution in [0.3, 0.4) is 0 Å². The number of aryl methyl sites for hydroxylation is 2. The lowest BCUT2D eigenvalue weighted by atomic mass is 10.2. The average Bonchev–Trinajstić information content (AvgIpc) is 2.21. The Labute approximate surface area is 89.7 Å². The Morgan fingerprint density at radius 2 is 2.20 bits per heavy atom. The van der Waals surface area contributed by atoms with Gasteiger partial charge < -0.3 is 4.74 Å². The Bertz CT molecular complexity index is 350. The van der Waals surface area contributed by atoms with Gasteiger partial charge in [-0.25, -0.2) is 14.8 Å². The van der Waals surface area contributed by atoms with Gasteiger partial charge in [0.25, 0.3) is 0 Å². The van der Waals surface area contributed by atoms with Crippen LogP contribution in [0.25, 0.3) is 0 Å². The molecule has 0 aliphatic heterocycles. The average molecular weight is 208 g/mol. The molecule has 0 aliphatic carbocycles. The van der Waals surface area contributed by atoms with Crippen LogP contribution in [0.2, 0.25) is 0 Å². The molecule has 4 heteroatoms. The predicted molar refractivity (Wildman–Crippen MR) is 56.7 cm³/mol. The second-order valence-corrected chi connectivity index (χ2v) is 3.29. The van der Waals surface area contributed by atoms with Crippen LogP contribution in [0.1, 0.15) is 42.1 Å². The van der Waals surface area contributed by atoms with E-state index in [1.807, 2.05) is 13.8 Å². The molecule has 4 nitrogen and oxygen atoms in total. The number of ether oxygens (including phenoxy) is 1. The number of carbonyl (C=O) groups excluding carboxylic acids is 1. The van der Waals surface area contributed by atoms with Crippen molar-refractivity contribution in [3.8, 4) is 0 Å². The fourth-order valence-electron chi connectivity index (χ4n) is 1.23. The summed E-state index contributed by atoms with van der Waals surface area (Å²) in [5.41, 5.74) is 1.14. The topological polar surface area (TPSA) is 52.1 Å². The first-order valence-corrected chi connectivity index (χ1v) is 5.18. The van der Waals surface area contributed by atoms with Crippen molar-refractivity contribution in [2.24, 2.45) is 0 Å². The molecule has 0 saturated carbocycles. The molecule has 0 spiro atoms. The summed E-state index contributed by atoms with van der Waals surface area (Å²) in [4.78, 5) is 19.9. The van der Waals surface area contributed by atoms with Crippen LogP contribution in [0, 0.1) is 6.92 Å². The molecule has 0 unspecified atom stereocenters. The normalized spacial score (nSPS) is 10.1. The van der Waals surface area contributed by atoms with Crippen molar-refractivity contribution in [1.82, 2.24) is 9.97 Å². The molecule has 1 heterocycles. The van der Waals surface area contributed by atoms with Crippen LogP contribution >= 0.6 is 0 Å². The largest absolute Gasteiger partial charge is 0.461 e. The Morgan fingerprint density at radius 1 is 1.47 bits per heavy atom. The van der Waals surface area contributed by atoms with Gasteiger partial charge in [0.1, 0.15) is 5.82 Å². The molecule has 1 aromatic heterocycles. The second kappa shape index (κ2) is 5.44. The maximum absolute atomic E-state index is 11.5. The molecule has 0 aliphatic rings. The van der Waals surface area contributed by atoms with Gasteiger partial charge in [0.2, 0.25) is 0 Å². The number of esters is 1. The summed E-state index contributed by atoms with van der Waals surface area (Å²) >= 11 is 0. The van der Waals surface area contributed by atoms with Crippen molar-refractivity contribution in [2.75, 3.05) is 6.61 Å². The van der Waals surface area contributed by atoms with E-state index in [1.54, 1.807) is 13.1 Å². The van der Waals surface area contributed by atoms with Crippen molar-refractivity contribution in [3.63, 3.8) is 0 Å². The van der Waals surface area contributed by atoms with E-state index in [9.17, 15) is 4.79 Å². The van der Waals surface area contributed by atoms with Gasteiger partial charge in [-0.2, -0.15) is 0 Å². The maximum Gasteiger partial charge on any atom is 0.357 e. The molecule has 1 rings (SSSR count). The molecule has 15 heavy (non-hydrogen) atoms. The van der Waals surface area contributed by atoms with Gasteiger partial charge in [0.15, 0.2) is 5.69 Å². The van der Waals surface area contributed by atoms with Crippen LogP contribution in [0.4, 0.5) is 0 Å². The van der Waals surface area contributed by atoms with Crippen molar-refractivity contribution >= 4 is 5.97 Å². The first-order valence-electron chi connectivity index (χ1n) is 5.18. The van der Waals surface area contributed by atoms with Crippen LogP contribution in [-0.2, 0) is 11.2 Å². The molecule has 0 aromatic carbocycles. The molecular weight excluding hydrogens is 192 g/mol. The monoisotopic (exact) mass is 208 g/mol. The number of nitrogens with zero attached hydrogens (tertiary/aromatic N) is 2. The van der Waals surface area contributed by atoms with Crippen molar-refractivity contribution in [1.29, 1.82) is 0 Å². The maximum atomic E-state index is 11.5. The number of hydrogen-bond donors (Lipinski definition) is 0. The van der Waals surface area contributed by atoms with Gasteiger partial charge in [-0.1, -0.05) is 6.92 Å². The van der Waals surface area contributed by atoms with Gasteiger partial charge in [0.05, 0.1) is 6.61 Å². The molecule has 0 bridgehead atoms. The standard InChI is InChI=1S/C11H16N2O2/c1-4-6-9-12-7-8(3)10(13-9)11(14)15-5-2/h7H,4-6H2,1-3H3. The number of hydrogen-bond acceptors (Lipinski definition) is 4. The smallest absolute Gasteiger partial charge is 0.357 e. The predicted octanol–water partition coefficient (Wildman–Crippen LogP) is 1.91. The van der Waals surface area contributed by atoms with Gasteiger partial charge in [0, 0.05) is 18.2 Å². The first kappa shape index (κ1) is 11.6. The fourth-order valence-corrected chi connectivity index (χ4v) is 1.23. The minimum absolute atomic E-state index is 0.366. The van der Waals surface area contributed by atoms with Crippen LogP contribution in [-0.4, -0.2) is 22.5 Å². The molecule has 0 N–H and O–H groups in total. The molecule has 0 amide bonds. The lowest BCUT2D eigenvalue weighted by Gasteiger charge is -2.05. The summed E-state index contributed by atoms with van der Waals surface area (Å²) in [6.45, 7) is 6.00. The van der Waals surface area contributed by atoms with E-state index in [-0.39, 0.29) is 5.97 Å². The highest BCUT2D eigenvalue weighted by molar-refractivity contribution is 5.88. The number of rotatable bonds is 4. The Hall–Kier alpha value is -1.45. The van der Waals surface area contributed by atoms with E-state index < -0.39 is 0 Å². The highest BCUT2D eigenvalue weighted by atomic mass is 16.5. The summed E-state index contributed by atoms with van der Waals surface area (Å²) in [6, 6.07) is 0. The summed E-state index contributed by atoms with van der Waals surface area (Å²) in [5.74, 6) is 0.334. The molecule has 0 fully saturated rings.